The maximum atomic E-state index is 4.63. The first kappa shape index (κ1) is 26.1. The minimum atomic E-state index is -0.112. The molecule has 0 N–H and O–H groups in total. The van der Waals surface area contributed by atoms with Crippen LogP contribution >= 0.6 is 11.3 Å². The molecule has 2 heterocycles. The smallest absolute Gasteiger partial charge is 0.0527 e. The molecular formula is C37H27IrN2S-. The Balaban J connectivity index is 0.00000276. The minimum absolute atomic E-state index is 0. The first-order valence-electron chi connectivity index (χ1n) is 13.7. The zero-order valence-electron chi connectivity index (χ0n) is 23.0. The maximum Gasteiger partial charge on any atom is 0.0527 e. The summed E-state index contributed by atoms with van der Waals surface area (Å²) in [6.07, 6.45) is 1.94. The van der Waals surface area contributed by atoms with Gasteiger partial charge in [-0.15, -0.1) is 29.8 Å². The molecule has 0 fully saturated rings. The summed E-state index contributed by atoms with van der Waals surface area (Å²) in [6, 6.07) is 41.2. The number of aromatic nitrogens is 2. The average Bonchev–Trinajstić information content (AvgIpc) is 3.63. The predicted octanol–water partition coefficient (Wildman–Crippen LogP) is 9.99. The second kappa shape index (κ2) is 9.63. The second-order valence-corrected chi connectivity index (χ2v) is 12.5. The Morgan fingerprint density at radius 2 is 1.51 bits per heavy atom. The number of fused-ring (bicyclic) bond motifs is 6. The first-order valence-corrected chi connectivity index (χ1v) is 14.5. The molecule has 4 heteroatoms. The third kappa shape index (κ3) is 3.97. The van der Waals surface area contributed by atoms with Crippen molar-refractivity contribution >= 4 is 33.1 Å². The number of benzene rings is 5. The van der Waals surface area contributed by atoms with Gasteiger partial charge < -0.3 is 4.57 Å². The van der Waals surface area contributed by atoms with E-state index in [1.165, 1.54) is 60.1 Å². The molecule has 2 nitrogen and oxygen atoms in total. The Hall–Kier alpha value is -3.82. The van der Waals surface area contributed by atoms with Crippen molar-refractivity contribution in [2.24, 2.45) is 0 Å². The van der Waals surface area contributed by atoms with Crippen molar-refractivity contribution in [3.8, 4) is 38.5 Å². The molecule has 7 aromatic rings. The van der Waals surface area contributed by atoms with Crippen LogP contribution in [0.25, 0.3) is 60.3 Å². The fourth-order valence-electron chi connectivity index (χ4n) is 6.48. The Kier molecular flexibility index (Phi) is 6.13. The van der Waals surface area contributed by atoms with Crippen molar-refractivity contribution in [3.63, 3.8) is 0 Å². The quantitative estimate of drug-likeness (QED) is 0.166. The SMILES string of the molecule is Cc1cnc(-c2[c-]ccc(-n3c4ccccc4c4cc5c(cc43)C(C)(C)c3cc(-c4ccccc4)ccc3-5)c2)s1.[Ir]. The molecule has 0 saturated carbocycles. The van der Waals surface area contributed by atoms with Gasteiger partial charge in [-0.05, 0) is 70.3 Å². The zero-order chi connectivity index (χ0) is 27.0. The summed E-state index contributed by atoms with van der Waals surface area (Å²) >= 11 is 1.71. The van der Waals surface area contributed by atoms with Crippen molar-refractivity contribution in [1.82, 2.24) is 9.55 Å². The van der Waals surface area contributed by atoms with Gasteiger partial charge in [0.05, 0.1) is 11.0 Å². The monoisotopic (exact) mass is 724 g/mol. The molecule has 0 unspecified atom stereocenters. The van der Waals surface area contributed by atoms with Crippen LogP contribution in [0, 0.1) is 13.0 Å². The molecule has 1 aliphatic rings. The summed E-state index contributed by atoms with van der Waals surface area (Å²) in [5.41, 5.74) is 12.5. The van der Waals surface area contributed by atoms with E-state index in [2.05, 4.69) is 133 Å². The largest absolute Gasteiger partial charge is 0.327 e. The summed E-state index contributed by atoms with van der Waals surface area (Å²) < 4.78 is 2.41. The van der Waals surface area contributed by atoms with Gasteiger partial charge in [0, 0.05) is 52.4 Å². The summed E-state index contributed by atoms with van der Waals surface area (Å²) in [7, 11) is 0. The molecule has 41 heavy (non-hydrogen) atoms. The van der Waals surface area contributed by atoms with Crippen molar-refractivity contribution in [3.05, 3.63) is 131 Å². The van der Waals surface area contributed by atoms with Crippen LogP contribution in [0.2, 0.25) is 0 Å². The Morgan fingerprint density at radius 3 is 2.32 bits per heavy atom. The first-order chi connectivity index (χ1) is 19.5. The third-order valence-corrected chi connectivity index (χ3v) is 9.42. The predicted molar refractivity (Wildman–Crippen MR) is 168 cm³/mol. The molecular weight excluding hydrogens is 697 g/mol. The van der Waals surface area contributed by atoms with Gasteiger partial charge in [-0.3, -0.25) is 4.98 Å². The van der Waals surface area contributed by atoms with Gasteiger partial charge in [0.15, 0.2) is 0 Å². The molecule has 1 radical (unpaired) electrons. The number of thiazole rings is 1. The zero-order valence-corrected chi connectivity index (χ0v) is 26.2. The molecule has 0 bridgehead atoms. The van der Waals surface area contributed by atoms with E-state index in [-0.39, 0.29) is 25.5 Å². The Bertz CT molecular complexity index is 2100. The normalized spacial score (nSPS) is 13.2. The van der Waals surface area contributed by atoms with Crippen LogP contribution in [0.15, 0.2) is 109 Å². The van der Waals surface area contributed by atoms with E-state index in [0.29, 0.717) is 0 Å². The van der Waals surface area contributed by atoms with E-state index in [0.717, 1.165) is 16.3 Å². The number of nitrogens with zero attached hydrogens (tertiary/aromatic N) is 2. The van der Waals surface area contributed by atoms with Crippen LogP contribution in [-0.4, -0.2) is 9.55 Å². The number of aryl methyl sites for hydroxylation is 1. The minimum Gasteiger partial charge on any atom is -0.327 e. The molecule has 8 rings (SSSR count). The molecule has 0 amide bonds. The topological polar surface area (TPSA) is 17.8 Å². The second-order valence-electron chi connectivity index (χ2n) is 11.3. The van der Waals surface area contributed by atoms with Crippen LogP contribution in [-0.2, 0) is 25.5 Å². The van der Waals surface area contributed by atoms with E-state index >= 15 is 0 Å². The van der Waals surface area contributed by atoms with E-state index in [1.807, 2.05) is 12.3 Å². The number of hydrogen-bond acceptors (Lipinski definition) is 2. The van der Waals surface area contributed by atoms with Crippen molar-refractivity contribution in [2.45, 2.75) is 26.2 Å². The molecule has 1 aliphatic carbocycles. The standard InChI is InChI=1S/C37H27N2S.Ir/c1-23-22-38-36(40-23)26-12-9-13-27(18-26)39-34-15-8-7-14-29(34)31-20-30-28-17-16-25(24-10-5-4-6-11-24)19-32(28)37(2,3)33(30)21-35(31)39;/h4-11,13-22H,1-3H3;/q-1;. The Morgan fingerprint density at radius 1 is 0.732 bits per heavy atom. The molecule has 0 spiro atoms. The van der Waals surface area contributed by atoms with Gasteiger partial charge in [-0.2, -0.15) is 11.3 Å². The van der Waals surface area contributed by atoms with E-state index in [4.69, 9.17) is 0 Å². The van der Waals surface area contributed by atoms with Crippen LogP contribution in [0.3, 0.4) is 0 Å². The maximum absolute atomic E-state index is 4.63. The fraction of sp³-hybridized carbons (Fsp3) is 0.108. The molecule has 0 atom stereocenters. The average molecular weight is 724 g/mol. The Labute approximate surface area is 257 Å². The number of hydrogen-bond donors (Lipinski definition) is 0. The van der Waals surface area contributed by atoms with Crippen LogP contribution < -0.4 is 0 Å². The van der Waals surface area contributed by atoms with Crippen LogP contribution in [0.1, 0.15) is 29.9 Å². The van der Waals surface area contributed by atoms with E-state index < -0.39 is 0 Å². The van der Waals surface area contributed by atoms with Crippen molar-refractivity contribution < 1.29 is 20.1 Å². The number of rotatable bonds is 3. The molecule has 0 aliphatic heterocycles. The van der Waals surface area contributed by atoms with E-state index in [9.17, 15) is 0 Å². The third-order valence-electron chi connectivity index (χ3n) is 8.47. The van der Waals surface area contributed by atoms with Crippen LogP contribution in [0.4, 0.5) is 0 Å². The summed E-state index contributed by atoms with van der Waals surface area (Å²) in [5.74, 6) is 0. The van der Waals surface area contributed by atoms with Gasteiger partial charge in [-0.25, -0.2) is 0 Å². The van der Waals surface area contributed by atoms with Crippen molar-refractivity contribution in [1.29, 1.82) is 0 Å². The molecule has 5 aromatic carbocycles. The molecule has 0 saturated heterocycles. The van der Waals surface area contributed by atoms with Crippen molar-refractivity contribution in [2.75, 3.05) is 0 Å². The van der Waals surface area contributed by atoms with Gasteiger partial charge in [0.1, 0.15) is 0 Å². The van der Waals surface area contributed by atoms with Gasteiger partial charge in [-0.1, -0.05) is 74.5 Å². The fourth-order valence-corrected chi connectivity index (χ4v) is 7.22. The van der Waals surface area contributed by atoms with E-state index in [1.54, 1.807) is 11.3 Å². The molecule has 201 valence electrons. The van der Waals surface area contributed by atoms with Gasteiger partial charge in [0.2, 0.25) is 0 Å². The summed E-state index contributed by atoms with van der Waals surface area (Å²) in [5, 5.41) is 3.56. The number of para-hydroxylation sites is 1. The molecule has 2 aromatic heterocycles. The van der Waals surface area contributed by atoms with Crippen LogP contribution in [0.5, 0.6) is 0 Å². The van der Waals surface area contributed by atoms with Gasteiger partial charge >= 0.3 is 0 Å². The summed E-state index contributed by atoms with van der Waals surface area (Å²) in [4.78, 5) is 5.84. The van der Waals surface area contributed by atoms with Gasteiger partial charge in [0.25, 0.3) is 0 Å². The summed E-state index contributed by atoms with van der Waals surface area (Å²) in [6.45, 7) is 6.83.